The first kappa shape index (κ1) is 16.7. The monoisotopic (exact) mass is 310 g/mol. The van der Waals surface area contributed by atoms with Gasteiger partial charge in [-0.05, 0) is 33.1 Å². The second-order valence-electron chi connectivity index (χ2n) is 6.21. The molecule has 124 valence electrons. The molecule has 2 aliphatic rings. The van der Waals surface area contributed by atoms with E-state index >= 15 is 0 Å². The molecule has 1 spiro atoms. The lowest BCUT2D eigenvalue weighted by Crippen LogP contribution is -2.57. The van der Waals surface area contributed by atoms with Gasteiger partial charge in [-0.25, -0.2) is 4.79 Å². The van der Waals surface area contributed by atoms with Crippen LogP contribution in [0.2, 0.25) is 0 Å². The van der Waals surface area contributed by atoms with Crippen LogP contribution >= 0.6 is 0 Å². The minimum absolute atomic E-state index is 0.262. The van der Waals surface area contributed by atoms with Crippen molar-refractivity contribution in [3.63, 3.8) is 0 Å². The van der Waals surface area contributed by atoms with Crippen LogP contribution in [0.3, 0.4) is 0 Å². The van der Waals surface area contributed by atoms with Crippen molar-refractivity contribution in [1.82, 2.24) is 14.7 Å². The Morgan fingerprint density at radius 2 is 1.86 bits per heavy atom. The van der Waals surface area contributed by atoms with Crippen LogP contribution in [-0.2, 0) is 9.59 Å². The van der Waals surface area contributed by atoms with Crippen LogP contribution in [0.4, 0.5) is 4.79 Å². The van der Waals surface area contributed by atoms with Crippen molar-refractivity contribution in [3.8, 4) is 0 Å². The van der Waals surface area contributed by atoms with Crippen LogP contribution in [0, 0.1) is 0 Å². The van der Waals surface area contributed by atoms with Gasteiger partial charge in [0.05, 0.1) is 0 Å². The fourth-order valence-electron chi connectivity index (χ4n) is 3.59. The summed E-state index contributed by atoms with van der Waals surface area (Å²) in [5, 5.41) is 0. The molecule has 2 rings (SSSR count). The SMILES string of the molecule is CCC(C)N1CCC2(CC1)C(=O)N(CC(N)=O)C(=O)N2CC. The van der Waals surface area contributed by atoms with Gasteiger partial charge in [-0.1, -0.05) is 6.92 Å². The molecule has 2 aliphatic heterocycles. The highest BCUT2D eigenvalue weighted by Crippen LogP contribution is 2.37. The number of piperidine rings is 1. The molecule has 0 radical (unpaired) electrons. The summed E-state index contributed by atoms with van der Waals surface area (Å²) in [6.07, 6.45) is 2.29. The van der Waals surface area contributed by atoms with E-state index < -0.39 is 11.4 Å². The van der Waals surface area contributed by atoms with Gasteiger partial charge < -0.3 is 15.5 Å². The van der Waals surface area contributed by atoms with Crippen LogP contribution in [0.5, 0.6) is 0 Å². The lowest BCUT2D eigenvalue weighted by molar-refractivity contribution is -0.138. The highest BCUT2D eigenvalue weighted by atomic mass is 16.2. The second-order valence-corrected chi connectivity index (χ2v) is 6.21. The maximum absolute atomic E-state index is 12.8. The van der Waals surface area contributed by atoms with E-state index in [-0.39, 0.29) is 18.5 Å². The Hall–Kier alpha value is -1.63. The first-order valence-corrected chi connectivity index (χ1v) is 8.03. The number of imide groups is 1. The number of rotatable bonds is 5. The molecule has 2 fully saturated rings. The molecule has 0 aromatic carbocycles. The molecule has 0 aliphatic carbocycles. The molecule has 7 nitrogen and oxygen atoms in total. The van der Waals surface area contributed by atoms with Gasteiger partial charge in [-0.15, -0.1) is 0 Å². The first-order valence-electron chi connectivity index (χ1n) is 8.03. The summed E-state index contributed by atoms with van der Waals surface area (Å²) in [5.74, 6) is -0.922. The van der Waals surface area contributed by atoms with E-state index in [2.05, 4.69) is 18.7 Å². The van der Waals surface area contributed by atoms with Crippen LogP contribution in [0.25, 0.3) is 0 Å². The van der Waals surface area contributed by atoms with Crippen molar-refractivity contribution in [2.45, 2.75) is 51.6 Å². The Kier molecular flexibility index (Phi) is 4.75. The number of primary amides is 1. The molecule has 1 unspecified atom stereocenters. The number of nitrogens with two attached hydrogens (primary N) is 1. The molecule has 7 heteroatoms. The molecular weight excluding hydrogens is 284 g/mol. The number of carbonyl (C=O) groups is 3. The zero-order valence-corrected chi connectivity index (χ0v) is 13.7. The minimum Gasteiger partial charge on any atom is -0.368 e. The lowest BCUT2D eigenvalue weighted by Gasteiger charge is -2.43. The van der Waals surface area contributed by atoms with Gasteiger partial charge in [0.1, 0.15) is 12.1 Å². The Labute approximate surface area is 131 Å². The summed E-state index contributed by atoms with van der Waals surface area (Å²) in [4.78, 5) is 41.4. The van der Waals surface area contributed by atoms with E-state index in [1.165, 1.54) is 0 Å². The normalized spacial score (nSPS) is 23.4. The van der Waals surface area contributed by atoms with Crippen LogP contribution in [0.15, 0.2) is 0 Å². The van der Waals surface area contributed by atoms with Crippen molar-refractivity contribution in [3.05, 3.63) is 0 Å². The fraction of sp³-hybridized carbons (Fsp3) is 0.800. The number of likely N-dealkylation sites (tertiary alicyclic amines) is 1. The van der Waals surface area contributed by atoms with Gasteiger partial charge in [0.2, 0.25) is 5.91 Å². The molecular formula is C15H26N4O3. The molecule has 2 saturated heterocycles. The molecule has 4 amide bonds. The van der Waals surface area contributed by atoms with E-state index in [0.29, 0.717) is 25.4 Å². The number of hydrogen-bond donors (Lipinski definition) is 1. The third-order valence-electron chi connectivity index (χ3n) is 5.09. The number of hydrogen-bond acceptors (Lipinski definition) is 4. The second kappa shape index (κ2) is 6.24. The minimum atomic E-state index is -0.786. The quantitative estimate of drug-likeness (QED) is 0.744. The van der Waals surface area contributed by atoms with E-state index in [1.54, 1.807) is 4.90 Å². The van der Waals surface area contributed by atoms with Crippen molar-refractivity contribution >= 4 is 17.8 Å². The smallest absolute Gasteiger partial charge is 0.328 e. The third-order valence-corrected chi connectivity index (χ3v) is 5.09. The summed E-state index contributed by atoms with van der Waals surface area (Å²) in [6, 6.07) is 0.0876. The third kappa shape index (κ3) is 2.58. The number of carbonyl (C=O) groups excluding carboxylic acids is 3. The number of urea groups is 1. The van der Waals surface area contributed by atoms with E-state index in [1.807, 2.05) is 6.92 Å². The first-order chi connectivity index (χ1) is 10.4. The number of likely N-dealkylation sites (N-methyl/N-ethyl adjacent to an activating group) is 1. The highest BCUT2D eigenvalue weighted by Gasteiger charge is 2.57. The topological polar surface area (TPSA) is 87.0 Å². The summed E-state index contributed by atoms with van der Waals surface area (Å²) in [7, 11) is 0. The maximum Gasteiger partial charge on any atom is 0.328 e. The Balaban J connectivity index is 2.20. The summed E-state index contributed by atoms with van der Waals surface area (Å²) >= 11 is 0. The molecule has 0 aromatic heterocycles. The molecule has 22 heavy (non-hydrogen) atoms. The fourth-order valence-corrected chi connectivity index (χ4v) is 3.59. The van der Waals surface area contributed by atoms with Gasteiger partial charge in [0, 0.05) is 25.7 Å². The van der Waals surface area contributed by atoms with Gasteiger partial charge in [-0.3, -0.25) is 14.5 Å². The molecule has 2 N–H and O–H groups in total. The van der Waals surface area contributed by atoms with Crippen LogP contribution in [0.1, 0.15) is 40.0 Å². The summed E-state index contributed by atoms with van der Waals surface area (Å²) in [6.45, 7) is 7.89. The van der Waals surface area contributed by atoms with Crippen molar-refractivity contribution in [2.75, 3.05) is 26.2 Å². The van der Waals surface area contributed by atoms with Crippen LogP contribution in [-0.4, -0.2) is 70.3 Å². The largest absolute Gasteiger partial charge is 0.368 e. The van der Waals surface area contributed by atoms with Gasteiger partial charge in [0.15, 0.2) is 0 Å². The molecule has 1 atom stereocenters. The van der Waals surface area contributed by atoms with Gasteiger partial charge >= 0.3 is 6.03 Å². The van der Waals surface area contributed by atoms with Gasteiger partial charge in [0.25, 0.3) is 5.91 Å². The predicted octanol–water partition coefficient (Wildman–Crippen LogP) is 0.389. The van der Waals surface area contributed by atoms with Crippen molar-refractivity contribution in [1.29, 1.82) is 0 Å². The Morgan fingerprint density at radius 3 is 2.32 bits per heavy atom. The van der Waals surface area contributed by atoms with Crippen LogP contribution < -0.4 is 5.73 Å². The van der Waals surface area contributed by atoms with E-state index in [4.69, 9.17) is 5.73 Å². The molecule has 0 bridgehead atoms. The number of nitrogens with zero attached hydrogens (tertiary/aromatic N) is 3. The summed E-state index contributed by atoms with van der Waals surface area (Å²) < 4.78 is 0. The average Bonchev–Trinajstić information content (AvgIpc) is 2.68. The van der Waals surface area contributed by atoms with Crippen molar-refractivity contribution < 1.29 is 14.4 Å². The highest BCUT2D eigenvalue weighted by molar-refractivity contribution is 6.09. The van der Waals surface area contributed by atoms with Crippen molar-refractivity contribution in [2.24, 2.45) is 5.73 Å². The molecule has 2 heterocycles. The molecule has 0 saturated carbocycles. The van der Waals surface area contributed by atoms with E-state index in [0.717, 1.165) is 24.4 Å². The lowest BCUT2D eigenvalue weighted by atomic mass is 9.85. The Morgan fingerprint density at radius 1 is 1.27 bits per heavy atom. The standard InChI is InChI=1S/C15H26N4O3/c1-4-11(3)17-8-6-15(7-9-17)13(21)18(10-12(16)20)14(22)19(15)5-2/h11H,4-10H2,1-3H3,(H2,16,20). The summed E-state index contributed by atoms with van der Waals surface area (Å²) in [5.41, 5.74) is 4.38. The zero-order chi connectivity index (χ0) is 16.5. The molecule has 0 aromatic rings. The Bertz CT molecular complexity index is 471. The van der Waals surface area contributed by atoms with Gasteiger partial charge in [-0.2, -0.15) is 0 Å². The average molecular weight is 310 g/mol. The number of amides is 4. The maximum atomic E-state index is 12.8. The predicted molar refractivity (Wildman–Crippen MR) is 82.0 cm³/mol. The van der Waals surface area contributed by atoms with E-state index in [9.17, 15) is 14.4 Å². The zero-order valence-electron chi connectivity index (χ0n) is 13.7.